The van der Waals surface area contributed by atoms with Gasteiger partial charge in [-0.25, -0.2) is 9.78 Å². The molecule has 0 aliphatic heterocycles. The Hall–Kier alpha value is -2.62. The lowest BCUT2D eigenvalue weighted by atomic mass is 10.0. The van der Waals surface area contributed by atoms with E-state index in [1.165, 1.54) is 7.11 Å². The summed E-state index contributed by atoms with van der Waals surface area (Å²) in [4.78, 5) is 16.6. The lowest BCUT2D eigenvalue weighted by molar-refractivity contribution is 0.0603. The van der Waals surface area contributed by atoms with Crippen LogP contribution in [0.25, 0.3) is 22.4 Å². The van der Waals surface area contributed by atoms with E-state index in [0.29, 0.717) is 17.0 Å². The number of furan rings is 1. The number of aromatic nitrogens is 1. The van der Waals surface area contributed by atoms with Crippen LogP contribution in [0.15, 0.2) is 47.1 Å². The number of nitrogens with zero attached hydrogens (tertiary/aromatic N) is 1. The molecule has 0 radical (unpaired) electrons. The lowest BCUT2D eigenvalue weighted by Crippen LogP contribution is -2.04. The molecule has 0 atom stereocenters. The molecule has 20 heavy (non-hydrogen) atoms. The van der Waals surface area contributed by atoms with Gasteiger partial charge in [0.05, 0.1) is 24.5 Å². The van der Waals surface area contributed by atoms with Crippen LogP contribution < -0.4 is 0 Å². The molecular formula is C16H13NO3. The normalized spacial score (nSPS) is 10.7. The first kappa shape index (κ1) is 12.4. The van der Waals surface area contributed by atoms with Crippen molar-refractivity contribution in [1.82, 2.24) is 4.98 Å². The predicted molar refractivity (Wildman–Crippen MR) is 75.5 cm³/mol. The molecule has 0 aliphatic carbocycles. The monoisotopic (exact) mass is 267 g/mol. The molecule has 0 unspecified atom stereocenters. The number of carbonyl (C=O) groups excluding carboxylic acids is 1. The van der Waals surface area contributed by atoms with Crippen molar-refractivity contribution in [1.29, 1.82) is 0 Å². The zero-order valence-corrected chi connectivity index (χ0v) is 11.2. The summed E-state index contributed by atoms with van der Waals surface area (Å²) in [5, 5.41) is 0.784. The van der Waals surface area contributed by atoms with E-state index in [0.717, 1.165) is 16.5 Å². The number of carbonyl (C=O) groups is 1. The summed E-state index contributed by atoms with van der Waals surface area (Å²) >= 11 is 0. The van der Waals surface area contributed by atoms with Crippen molar-refractivity contribution in [2.45, 2.75) is 6.92 Å². The van der Waals surface area contributed by atoms with Crippen molar-refractivity contribution in [3.8, 4) is 11.5 Å². The fourth-order valence-electron chi connectivity index (χ4n) is 2.22. The van der Waals surface area contributed by atoms with Crippen LogP contribution in [0.3, 0.4) is 0 Å². The number of methoxy groups -OCH3 is 1. The minimum Gasteiger partial charge on any atom is -0.465 e. The van der Waals surface area contributed by atoms with Crippen molar-refractivity contribution >= 4 is 16.9 Å². The average molecular weight is 267 g/mol. The molecule has 2 aromatic heterocycles. The van der Waals surface area contributed by atoms with Crippen LogP contribution in [0.2, 0.25) is 0 Å². The standard InChI is InChI=1S/C16H13NO3/c1-10-5-3-6-11-12(16(18)19-2)9-13(17-15(10)11)14-7-4-8-20-14/h3-9H,1-2H3. The van der Waals surface area contributed by atoms with Gasteiger partial charge in [-0.2, -0.15) is 0 Å². The summed E-state index contributed by atoms with van der Waals surface area (Å²) in [6.07, 6.45) is 1.58. The maximum absolute atomic E-state index is 12.0. The fraction of sp³-hybridized carbons (Fsp3) is 0.125. The average Bonchev–Trinajstić information content (AvgIpc) is 3.00. The number of para-hydroxylation sites is 1. The molecule has 1 aromatic carbocycles. The first-order valence-corrected chi connectivity index (χ1v) is 6.23. The van der Waals surface area contributed by atoms with Gasteiger partial charge >= 0.3 is 5.97 Å². The molecule has 2 heterocycles. The molecule has 0 aliphatic rings. The van der Waals surface area contributed by atoms with Gasteiger partial charge in [0.2, 0.25) is 0 Å². The van der Waals surface area contributed by atoms with E-state index >= 15 is 0 Å². The SMILES string of the molecule is COC(=O)c1cc(-c2ccco2)nc2c(C)cccc12. The Labute approximate surface area is 116 Å². The van der Waals surface area contributed by atoms with Crippen LogP contribution >= 0.6 is 0 Å². The lowest BCUT2D eigenvalue weighted by Gasteiger charge is -2.08. The Balaban J connectivity index is 2.35. The second-order valence-corrected chi connectivity index (χ2v) is 4.50. The van der Waals surface area contributed by atoms with Gasteiger partial charge < -0.3 is 9.15 Å². The molecule has 0 saturated carbocycles. The van der Waals surface area contributed by atoms with Gasteiger partial charge in [0, 0.05) is 5.39 Å². The van der Waals surface area contributed by atoms with Crippen molar-refractivity contribution in [3.63, 3.8) is 0 Å². The summed E-state index contributed by atoms with van der Waals surface area (Å²) in [5.41, 5.74) is 2.90. The molecule has 3 aromatic rings. The van der Waals surface area contributed by atoms with Crippen LogP contribution in [0, 0.1) is 6.92 Å². The van der Waals surface area contributed by atoms with E-state index in [4.69, 9.17) is 9.15 Å². The van der Waals surface area contributed by atoms with Crippen molar-refractivity contribution in [3.05, 3.63) is 53.8 Å². The first-order chi connectivity index (χ1) is 9.70. The van der Waals surface area contributed by atoms with Crippen molar-refractivity contribution in [2.24, 2.45) is 0 Å². The number of hydrogen-bond acceptors (Lipinski definition) is 4. The summed E-state index contributed by atoms with van der Waals surface area (Å²) in [7, 11) is 1.37. The Kier molecular flexibility index (Phi) is 2.99. The molecule has 0 N–H and O–H groups in total. The molecular weight excluding hydrogens is 254 g/mol. The molecule has 4 nitrogen and oxygen atoms in total. The quantitative estimate of drug-likeness (QED) is 0.666. The third kappa shape index (κ3) is 1.95. The Morgan fingerprint density at radius 1 is 1.25 bits per heavy atom. The molecule has 0 saturated heterocycles. The van der Waals surface area contributed by atoms with Crippen molar-refractivity contribution < 1.29 is 13.9 Å². The summed E-state index contributed by atoms with van der Waals surface area (Å²) in [6.45, 7) is 1.96. The van der Waals surface area contributed by atoms with Crippen LogP contribution in [0.1, 0.15) is 15.9 Å². The largest absolute Gasteiger partial charge is 0.465 e. The highest BCUT2D eigenvalue weighted by Crippen LogP contribution is 2.27. The third-order valence-electron chi connectivity index (χ3n) is 3.22. The number of benzene rings is 1. The van der Waals surface area contributed by atoms with E-state index in [9.17, 15) is 4.79 Å². The minimum atomic E-state index is -0.379. The molecule has 0 fully saturated rings. The maximum atomic E-state index is 12.0. The highest BCUT2D eigenvalue weighted by molar-refractivity contribution is 6.05. The van der Waals surface area contributed by atoms with Crippen LogP contribution in [0.5, 0.6) is 0 Å². The molecule has 4 heteroatoms. The first-order valence-electron chi connectivity index (χ1n) is 6.23. The highest BCUT2D eigenvalue weighted by Gasteiger charge is 2.16. The summed E-state index contributed by atoms with van der Waals surface area (Å²) < 4.78 is 10.2. The number of pyridine rings is 1. The zero-order chi connectivity index (χ0) is 14.1. The molecule has 0 spiro atoms. The van der Waals surface area contributed by atoms with E-state index in [1.807, 2.05) is 31.2 Å². The third-order valence-corrected chi connectivity index (χ3v) is 3.22. The van der Waals surface area contributed by atoms with Crippen LogP contribution in [0.4, 0.5) is 0 Å². The zero-order valence-electron chi connectivity index (χ0n) is 11.2. The van der Waals surface area contributed by atoms with E-state index in [2.05, 4.69) is 4.98 Å². The van der Waals surface area contributed by atoms with E-state index < -0.39 is 0 Å². The number of rotatable bonds is 2. The fourth-order valence-corrected chi connectivity index (χ4v) is 2.22. The Morgan fingerprint density at radius 2 is 2.10 bits per heavy atom. The number of esters is 1. The number of aryl methyl sites for hydroxylation is 1. The maximum Gasteiger partial charge on any atom is 0.338 e. The minimum absolute atomic E-state index is 0.379. The second kappa shape index (κ2) is 4.81. The molecule has 0 amide bonds. The topological polar surface area (TPSA) is 52.3 Å². The number of ether oxygens (including phenoxy) is 1. The summed E-state index contributed by atoms with van der Waals surface area (Å²) in [6, 6.07) is 11.0. The van der Waals surface area contributed by atoms with Gasteiger partial charge in [0.1, 0.15) is 5.69 Å². The molecule has 3 rings (SSSR count). The van der Waals surface area contributed by atoms with Gasteiger partial charge in [0.25, 0.3) is 0 Å². The van der Waals surface area contributed by atoms with Gasteiger partial charge in [-0.3, -0.25) is 0 Å². The summed E-state index contributed by atoms with van der Waals surface area (Å²) in [5.74, 6) is 0.246. The smallest absolute Gasteiger partial charge is 0.338 e. The Morgan fingerprint density at radius 3 is 2.80 bits per heavy atom. The van der Waals surface area contributed by atoms with Gasteiger partial charge in [-0.05, 0) is 30.7 Å². The van der Waals surface area contributed by atoms with Crippen molar-refractivity contribution in [2.75, 3.05) is 7.11 Å². The molecule has 0 bridgehead atoms. The highest BCUT2D eigenvalue weighted by atomic mass is 16.5. The van der Waals surface area contributed by atoms with Gasteiger partial charge in [-0.15, -0.1) is 0 Å². The van der Waals surface area contributed by atoms with Gasteiger partial charge in [-0.1, -0.05) is 18.2 Å². The Bertz CT molecular complexity index is 776. The number of fused-ring (bicyclic) bond motifs is 1. The predicted octanol–water partition coefficient (Wildman–Crippen LogP) is 3.59. The van der Waals surface area contributed by atoms with E-state index in [-0.39, 0.29) is 5.97 Å². The van der Waals surface area contributed by atoms with Crippen LogP contribution in [-0.4, -0.2) is 18.1 Å². The van der Waals surface area contributed by atoms with Crippen LogP contribution in [-0.2, 0) is 4.74 Å². The second-order valence-electron chi connectivity index (χ2n) is 4.50. The molecule has 100 valence electrons. The van der Waals surface area contributed by atoms with E-state index in [1.54, 1.807) is 18.4 Å². The van der Waals surface area contributed by atoms with Gasteiger partial charge in [0.15, 0.2) is 5.76 Å². The number of hydrogen-bond donors (Lipinski definition) is 0.